The largest absolute Gasteiger partial charge is 0.377 e. The van der Waals surface area contributed by atoms with Gasteiger partial charge in [0.2, 0.25) is 0 Å². The molecule has 0 N–H and O–H groups in total. The molecule has 1 aliphatic rings. The molecule has 1 fully saturated rings. The van der Waals surface area contributed by atoms with E-state index in [2.05, 4.69) is 28.6 Å². The molecule has 0 aliphatic carbocycles. The van der Waals surface area contributed by atoms with Crippen molar-refractivity contribution < 1.29 is 4.74 Å². The fourth-order valence-corrected chi connectivity index (χ4v) is 3.04. The Morgan fingerprint density at radius 3 is 2.82 bits per heavy atom. The summed E-state index contributed by atoms with van der Waals surface area (Å²) in [5, 5.41) is 9.47. The minimum absolute atomic E-state index is 0.396. The highest BCUT2D eigenvalue weighted by molar-refractivity contribution is 7.99. The molecule has 1 atom stereocenters. The number of hydrogen-bond donors (Lipinski definition) is 0. The summed E-state index contributed by atoms with van der Waals surface area (Å²) in [6.07, 6.45) is 4.08. The lowest BCUT2D eigenvalue weighted by Crippen LogP contribution is -2.21. The zero-order chi connectivity index (χ0) is 12.3. The third-order valence-electron chi connectivity index (χ3n) is 3.06. The zero-order valence-electron chi connectivity index (χ0n) is 10.8. The lowest BCUT2D eigenvalue weighted by molar-refractivity contribution is 0.0315. The fraction of sp³-hybridized carbons (Fsp3) is 0.833. The average Bonchev–Trinajstić information content (AvgIpc) is 2.69. The number of thioether (sulfide) groups is 1. The smallest absolute Gasteiger partial charge is 0.191 e. The molecule has 0 amide bonds. The van der Waals surface area contributed by atoms with Crippen molar-refractivity contribution in [1.29, 1.82) is 0 Å². The highest BCUT2D eigenvalue weighted by atomic mass is 32.2. The first-order valence-corrected chi connectivity index (χ1v) is 7.30. The van der Waals surface area contributed by atoms with Gasteiger partial charge in [-0.15, -0.1) is 10.2 Å². The van der Waals surface area contributed by atoms with Crippen molar-refractivity contribution in [3.05, 3.63) is 5.82 Å². The molecule has 1 aromatic rings. The maximum atomic E-state index is 5.72. The Labute approximate surface area is 107 Å². The van der Waals surface area contributed by atoms with E-state index in [4.69, 9.17) is 4.74 Å². The number of aromatic nitrogens is 3. The lowest BCUT2D eigenvalue weighted by atomic mass is 10.1. The van der Waals surface area contributed by atoms with Crippen LogP contribution in [0.4, 0.5) is 0 Å². The Bertz CT molecular complexity index is 359. The van der Waals surface area contributed by atoms with Crippen LogP contribution in [-0.4, -0.2) is 33.2 Å². The van der Waals surface area contributed by atoms with Crippen molar-refractivity contribution in [3.63, 3.8) is 0 Å². The molecule has 0 bridgehead atoms. The van der Waals surface area contributed by atoms with Crippen molar-refractivity contribution in [2.75, 3.05) is 12.4 Å². The van der Waals surface area contributed by atoms with Crippen LogP contribution < -0.4 is 0 Å². The van der Waals surface area contributed by atoms with Gasteiger partial charge in [-0.2, -0.15) is 0 Å². The Morgan fingerprint density at radius 1 is 1.41 bits per heavy atom. The monoisotopic (exact) mass is 255 g/mol. The van der Waals surface area contributed by atoms with Crippen molar-refractivity contribution in [2.24, 2.45) is 7.05 Å². The molecule has 2 heterocycles. The predicted octanol–water partition coefficient (Wildman–Crippen LogP) is 2.60. The molecule has 0 saturated carbocycles. The van der Waals surface area contributed by atoms with E-state index in [9.17, 15) is 0 Å². The second kappa shape index (κ2) is 5.87. The molecule has 0 aromatic carbocycles. The van der Waals surface area contributed by atoms with Crippen LogP contribution >= 0.6 is 11.8 Å². The molecular formula is C12H21N3OS. The molecule has 1 aliphatic heterocycles. The predicted molar refractivity (Wildman–Crippen MR) is 69.4 cm³/mol. The summed E-state index contributed by atoms with van der Waals surface area (Å²) < 4.78 is 7.81. The van der Waals surface area contributed by atoms with Crippen LogP contribution in [0.15, 0.2) is 5.16 Å². The van der Waals surface area contributed by atoms with Gasteiger partial charge in [0.05, 0.1) is 6.10 Å². The molecule has 0 spiro atoms. The molecule has 4 nitrogen and oxygen atoms in total. The van der Waals surface area contributed by atoms with Crippen LogP contribution in [-0.2, 0) is 11.8 Å². The third-order valence-corrected chi connectivity index (χ3v) is 4.21. The van der Waals surface area contributed by atoms with Crippen LogP contribution in [0.25, 0.3) is 0 Å². The van der Waals surface area contributed by atoms with E-state index in [0.29, 0.717) is 12.0 Å². The molecule has 17 heavy (non-hydrogen) atoms. The summed E-state index contributed by atoms with van der Waals surface area (Å²) in [5.41, 5.74) is 0. The minimum atomic E-state index is 0.396. The maximum absolute atomic E-state index is 5.72. The Balaban J connectivity index is 1.90. The van der Waals surface area contributed by atoms with Crippen molar-refractivity contribution in [1.82, 2.24) is 14.8 Å². The first kappa shape index (κ1) is 12.9. The first-order chi connectivity index (χ1) is 8.18. The summed E-state index contributed by atoms with van der Waals surface area (Å²) in [6.45, 7) is 5.20. The second-order valence-corrected chi connectivity index (χ2v) is 5.84. The maximum Gasteiger partial charge on any atom is 0.191 e. The van der Waals surface area contributed by atoms with Gasteiger partial charge in [0.1, 0.15) is 5.82 Å². The minimum Gasteiger partial charge on any atom is -0.377 e. The Morgan fingerprint density at radius 2 is 2.24 bits per heavy atom. The van der Waals surface area contributed by atoms with Gasteiger partial charge in [-0.05, 0) is 19.3 Å². The van der Waals surface area contributed by atoms with Crippen LogP contribution in [0, 0.1) is 0 Å². The molecular weight excluding hydrogens is 234 g/mol. The first-order valence-electron chi connectivity index (χ1n) is 6.32. The van der Waals surface area contributed by atoms with E-state index in [-0.39, 0.29) is 0 Å². The van der Waals surface area contributed by atoms with Gasteiger partial charge in [-0.25, -0.2) is 0 Å². The summed E-state index contributed by atoms with van der Waals surface area (Å²) in [4.78, 5) is 0. The van der Waals surface area contributed by atoms with E-state index in [0.717, 1.165) is 23.3 Å². The van der Waals surface area contributed by atoms with Gasteiger partial charge in [-0.3, -0.25) is 0 Å². The van der Waals surface area contributed by atoms with Crippen molar-refractivity contribution in [2.45, 2.75) is 50.3 Å². The average molecular weight is 255 g/mol. The van der Waals surface area contributed by atoms with Gasteiger partial charge in [-0.1, -0.05) is 25.6 Å². The fourth-order valence-electron chi connectivity index (χ4n) is 2.06. The lowest BCUT2D eigenvalue weighted by Gasteiger charge is -2.21. The molecule has 0 unspecified atom stereocenters. The van der Waals surface area contributed by atoms with Gasteiger partial charge in [0.15, 0.2) is 5.16 Å². The van der Waals surface area contributed by atoms with E-state index < -0.39 is 0 Å². The molecule has 1 aromatic heterocycles. The molecule has 0 radical (unpaired) electrons. The molecule has 5 heteroatoms. The van der Waals surface area contributed by atoms with E-state index >= 15 is 0 Å². The summed E-state index contributed by atoms with van der Waals surface area (Å²) in [5.74, 6) is 2.47. The van der Waals surface area contributed by atoms with Gasteiger partial charge in [0.25, 0.3) is 0 Å². The Hall–Kier alpha value is -0.550. The van der Waals surface area contributed by atoms with E-state index in [1.54, 1.807) is 11.8 Å². The summed E-state index contributed by atoms with van der Waals surface area (Å²) in [6, 6.07) is 0. The standard InChI is InChI=1S/C12H21N3OS/c1-9(2)11-13-14-12(15(11)3)17-8-10-6-4-5-7-16-10/h9-10H,4-8H2,1-3H3/t10-/m1/s1. The van der Waals surface area contributed by atoms with Crippen LogP contribution in [0.5, 0.6) is 0 Å². The SMILES string of the molecule is CC(C)c1nnc(SC[C@H]2CCCCO2)n1C. The van der Waals surface area contributed by atoms with Crippen molar-refractivity contribution >= 4 is 11.8 Å². The highest BCUT2D eigenvalue weighted by Gasteiger charge is 2.17. The number of rotatable bonds is 4. The second-order valence-electron chi connectivity index (χ2n) is 4.85. The van der Waals surface area contributed by atoms with Gasteiger partial charge < -0.3 is 9.30 Å². The zero-order valence-corrected chi connectivity index (χ0v) is 11.7. The topological polar surface area (TPSA) is 39.9 Å². The van der Waals surface area contributed by atoms with Crippen molar-refractivity contribution in [3.8, 4) is 0 Å². The third kappa shape index (κ3) is 3.22. The van der Waals surface area contributed by atoms with E-state index in [1.807, 2.05) is 7.05 Å². The van der Waals surface area contributed by atoms with Gasteiger partial charge >= 0.3 is 0 Å². The van der Waals surface area contributed by atoms with Crippen LogP contribution in [0.1, 0.15) is 44.9 Å². The number of ether oxygens (including phenoxy) is 1. The van der Waals surface area contributed by atoms with Crippen LogP contribution in [0.3, 0.4) is 0 Å². The highest BCUT2D eigenvalue weighted by Crippen LogP contribution is 2.23. The molecule has 1 saturated heterocycles. The number of nitrogens with zero attached hydrogens (tertiary/aromatic N) is 3. The van der Waals surface area contributed by atoms with Gasteiger partial charge in [0, 0.05) is 25.3 Å². The summed E-state index contributed by atoms with van der Waals surface area (Å²) >= 11 is 1.76. The molecule has 2 rings (SSSR count). The normalized spacial score (nSPS) is 21.1. The number of hydrogen-bond acceptors (Lipinski definition) is 4. The van der Waals surface area contributed by atoms with E-state index in [1.165, 1.54) is 19.3 Å². The Kier molecular flexibility index (Phi) is 4.45. The van der Waals surface area contributed by atoms with Crippen LogP contribution in [0.2, 0.25) is 0 Å². The molecule has 96 valence electrons. The summed E-state index contributed by atoms with van der Waals surface area (Å²) in [7, 11) is 2.04. The quantitative estimate of drug-likeness (QED) is 0.775.